The Bertz CT molecular complexity index is 1150. The van der Waals surface area contributed by atoms with Gasteiger partial charge in [0.2, 0.25) is 11.8 Å². The summed E-state index contributed by atoms with van der Waals surface area (Å²) in [5, 5.41) is 3.43. The lowest BCUT2D eigenvalue weighted by Gasteiger charge is -2.35. The van der Waals surface area contributed by atoms with Gasteiger partial charge in [-0.1, -0.05) is 30.7 Å². The first-order valence-corrected chi connectivity index (χ1v) is 13.2. The number of amides is 2. The van der Waals surface area contributed by atoms with Crippen LogP contribution in [0, 0.1) is 5.82 Å². The fraction of sp³-hybridized carbons (Fsp3) is 0.440. The number of carbonyl (C=O) groups excluding carboxylic acids is 2. The van der Waals surface area contributed by atoms with Gasteiger partial charge in [-0.05, 0) is 69.2 Å². The topological polar surface area (TPSA) is 90.0 Å². The molecule has 0 aliphatic rings. The molecule has 0 saturated heterocycles. The first-order chi connectivity index (χ1) is 16.7. The summed E-state index contributed by atoms with van der Waals surface area (Å²) in [4.78, 5) is 28.3. The molecule has 0 heterocycles. The molecule has 0 saturated carbocycles. The lowest BCUT2D eigenvalue weighted by molar-refractivity contribution is -0.141. The van der Waals surface area contributed by atoms with Gasteiger partial charge in [0.05, 0.1) is 5.69 Å². The zero-order valence-electron chi connectivity index (χ0n) is 21.5. The third kappa shape index (κ3) is 7.91. The Labute approximate surface area is 218 Å². The molecule has 0 aliphatic heterocycles. The Hall–Kier alpha value is -2.69. The van der Waals surface area contributed by atoms with E-state index in [0.717, 1.165) is 26.3 Å². The highest BCUT2D eigenvalue weighted by Gasteiger charge is 2.34. The van der Waals surface area contributed by atoms with Crippen molar-refractivity contribution in [1.82, 2.24) is 14.5 Å². The quantitative estimate of drug-likeness (QED) is 0.496. The Morgan fingerprint density at radius 3 is 2.06 bits per heavy atom. The molecular weight excluding hydrogens is 507 g/mol. The van der Waals surface area contributed by atoms with Crippen molar-refractivity contribution in [2.75, 3.05) is 24.9 Å². The lowest BCUT2D eigenvalue weighted by atomic mass is 10.1. The number of hydrogen-bond acceptors (Lipinski definition) is 4. The minimum absolute atomic E-state index is 0.0609. The second kappa shape index (κ2) is 12.0. The number of carbonyl (C=O) groups is 2. The minimum atomic E-state index is -4.11. The maximum absolute atomic E-state index is 13.7. The summed E-state index contributed by atoms with van der Waals surface area (Å²) in [6.45, 7) is 6.77. The third-order valence-electron chi connectivity index (χ3n) is 5.28. The van der Waals surface area contributed by atoms with E-state index < -0.39 is 40.1 Å². The van der Waals surface area contributed by atoms with Crippen LogP contribution in [0.5, 0.6) is 0 Å². The normalized spacial score (nSPS) is 12.8. The number of hydrogen-bond donors (Lipinski definition) is 1. The second-order valence-electron chi connectivity index (χ2n) is 9.58. The van der Waals surface area contributed by atoms with Gasteiger partial charge in [-0.3, -0.25) is 9.59 Å². The van der Waals surface area contributed by atoms with E-state index in [0.29, 0.717) is 11.4 Å². The SMILES string of the molecule is CC[C@H](C(=O)NC(C)(C)C)N(Cc1ccc(Cl)cc1)C(=O)CN(c1ccc(F)cc1)S(=O)(=O)N(C)C. The highest BCUT2D eigenvalue weighted by molar-refractivity contribution is 7.90. The van der Waals surface area contributed by atoms with Crippen molar-refractivity contribution in [2.45, 2.75) is 52.2 Å². The van der Waals surface area contributed by atoms with Crippen molar-refractivity contribution in [3.63, 3.8) is 0 Å². The molecule has 0 aliphatic carbocycles. The van der Waals surface area contributed by atoms with Crippen LogP contribution in [0.2, 0.25) is 5.02 Å². The van der Waals surface area contributed by atoms with Crippen LogP contribution in [0.3, 0.4) is 0 Å². The summed E-state index contributed by atoms with van der Waals surface area (Å²) in [6, 6.07) is 10.8. The van der Waals surface area contributed by atoms with E-state index in [1.165, 1.54) is 31.1 Å². The van der Waals surface area contributed by atoms with Crippen LogP contribution in [0.1, 0.15) is 39.7 Å². The molecule has 36 heavy (non-hydrogen) atoms. The molecule has 0 spiro atoms. The zero-order chi connectivity index (χ0) is 27.3. The van der Waals surface area contributed by atoms with Gasteiger partial charge in [0, 0.05) is 31.2 Å². The lowest BCUT2D eigenvalue weighted by Crippen LogP contribution is -2.55. The molecule has 1 N–H and O–H groups in total. The molecule has 0 fully saturated rings. The van der Waals surface area contributed by atoms with E-state index in [-0.39, 0.29) is 18.1 Å². The predicted octanol–water partition coefficient (Wildman–Crippen LogP) is 3.81. The van der Waals surface area contributed by atoms with Crippen LogP contribution in [0.4, 0.5) is 10.1 Å². The number of anilines is 1. The molecule has 8 nitrogen and oxygen atoms in total. The number of benzene rings is 2. The van der Waals surface area contributed by atoms with E-state index in [9.17, 15) is 22.4 Å². The van der Waals surface area contributed by atoms with E-state index >= 15 is 0 Å². The largest absolute Gasteiger partial charge is 0.350 e. The average molecular weight is 541 g/mol. The van der Waals surface area contributed by atoms with Crippen LogP contribution < -0.4 is 9.62 Å². The third-order valence-corrected chi connectivity index (χ3v) is 7.36. The molecule has 0 radical (unpaired) electrons. The van der Waals surface area contributed by atoms with Gasteiger partial charge in [-0.25, -0.2) is 8.70 Å². The molecule has 11 heteroatoms. The highest BCUT2D eigenvalue weighted by Crippen LogP contribution is 2.22. The van der Waals surface area contributed by atoms with E-state index in [1.54, 1.807) is 31.2 Å². The summed E-state index contributed by atoms with van der Waals surface area (Å²) in [6.07, 6.45) is 0.304. The van der Waals surface area contributed by atoms with Crippen molar-refractivity contribution in [1.29, 1.82) is 0 Å². The van der Waals surface area contributed by atoms with Crippen molar-refractivity contribution in [3.05, 3.63) is 64.9 Å². The fourth-order valence-corrected chi connectivity index (χ4v) is 4.67. The van der Waals surface area contributed by atoms with Crippen molar-refractivity contribution < 1.29 is 22.4 Å². The molecule has 2 rings (SSSR count). The van der Waals surface area contributed by atoms with Gasteiger partial charge in [0.1, 0.15) is 18.4 Å². The van der Waals surface area contributed by atoms with Gasteiger partial charge in [0.25, 0.3) is 0 Å². The number of nitrogens with zero attached hydrogens (tertiary/aromatic N) is 3. The van der Waals surface area contributed by atoms with E-state index in [1.807, 2.05) is 20.8 Å². The van der Waals surface area contributed by atoms with Gasteiger partial charge in [-0.15, -0.1) is 0 Å². The molecule has 2 amide bonds. The van der Waals surface area contributed by atoms with E-state index in [2.05, 4.69) is 5.32 Å². The Morgan fingerprint density at radius 2 is 1.58 bits per heavy atom. The minimum Gasteiger partial charge on any atom is -0.350 e. The Balaban J connectivity index is 2.50. The Morgan fingerprint density at radius 1 is 1.03 bits per heavy atom. The van der Waals surface area contributed by atoms with Gasteiger partial charge < -0.3 is 10.2 Å². The molecule has 2 aromatic carbocycles. The molecule has 0 bridgehead atoms. The maximum Gasteiger partial charge on any atom is 0.304 e. The smallest absolute Gasteiger partial charge is 0.304 e. The summed E-state index contributed by atoms with van der Waals surface area (Å²) in [5.74, 6) is -1.48. The van der Waals surface area contributed by atoms with Crippen LogP contribution in [0.15, 0.2) is 48.5 Å². The predicted molar refractivity (Wildman–Crippen MR) is 140 cm³/mol. The molecule has 0 aromatic heterocycles. The van der Waals surface area contributed by atoms with E-state index in [4.69, 9.17) is 11.6 Å². The van der Waals surface area contributed by atoms with Crippen molar-refractivity contribution in [2.24, 2.45) is 0 Å². The standard InChI is InChI=1S/C25H34ClFN4O4S/c1-7-22(24(33)28-25(2,3)4)30(16-18-8-10-19(26)11-9-18)23(32)17-31(36(34,35)29(5)6)21-14-12-20(27)13-15-21/h8-15,22H,7,16-17H2,1-6H3,(H,28,33)/t22-/m1/s1. The number of rotatable bonds is 10. The average Bonchev–Trinajstić information content (AvgIpc) is 2.77. The molecule has 2 aromatic rings. The Kier molecular flexibility index (Phi) is 9.87. The summed E-state index contributed by atoms with van der Waals surface area (Å²) in [7, 11) is -1.43. The number of halogens is 2. The monoisotopic (exact) mass is 540 g/mol. The molecule has 0 unspecified atom stereocenters. The van der Waals surface area contributed by atoms with Crippen LogP contribution in [0.25, 0.3) is 0 Å². The second-order valence-corrected chi connectivity index (χ2v) is 12.1. The number of nitrogens with one attached hydrogen (secondary N) is 1. The summed E-state index contributed by atoms with van der Waals surface area (Å²) in [5.41, 5.74) is 0.309. The molecule has 198 valence electrons. The van der Waals surface area contributed by atoms with Gasteiger partial charge in [0.15, 0.2) is 0 Å². The zero-order valence-corrected chi connectivity index (χ0v) is 23.0. The highest BCUT2D eigenvalue weighted by atomic mass is 35.5. The maximum atomic E-state index is 13.7. The van der Waals surface area contributed by atoms with Crippen molar-refractivity contribution >= 4 is 39.3 Å². The van der Waals surface area contributed by atoms with Crippen molar-refractivity contribution in [3.8, 4) is 0 Å². The molecular formula is C25H34ClFN4O4S. The summed E-state index contributed by atoms with van der Waals surface area (Å²) >= 11 is 6.00. The van der Waals surface area contributed by atoms with Gasteiger partial charge >= 0.3 is 10.2 Å². The van der Waals surface area contributed by atoms with Crippen LogP contribution in [-0.4, -0.2) is 61.7 Å². The van der Waals surface area contributed by atoms with Gasteiger partial charge in [-0.2, -0.15) is 12.7 Å². The van der Waals surface area contributed by atoms with Crippen LogP contribution in [-0.2, 0) is 26.3 Å². The first kappa shape index (κ1) is 29.5. The first-order valence-electron chi connectivity index (χ1n) is 11.5. The molecule has 1 atom stereocenters. The summed E-state index contributed by atoms with van der Waals surface area (Å²) < 4.78 is 41.7. The van der Waals surface area contributed by atoms with Crippen LogP contribution >= 0.6 is 11.6 Å². The fourth-order valence-electron chi connectivity index (χ4n) is 3.48.